The Kier molecular flexibility index (Phi) is 3.14. The van der Waals surface area contributed by atoms with E-state index in [-0.39, 0.29) is 0 Å². The Morgan fingerprint density at radius 2 is 1.35 bits per heavy atom. The Morgan fingerprint density at radius 3 is 1.85 bits per heavy atom. The molecule has 1 heteroatoms. The smallest absolute Gasteiger partial charge is 0.00367 e. The largest absolute Gasteiger partial charge is 0.330 e. The Labute approximate surface area is 122 Å². The molecule has 1 aromatic carbocycles. The lowest BCUT2D eigenvalue weighted by Gasteiger charge is -2.57. The summed E-state index contributed by atoms with van der Waals surface area (Å²) in [5, 5.41) is 0. The van der Waals surface area contributed by atoms with Gasteiger partial charge in [0.15, 0.2) is 0 Å². The molecule has 2 N–H and O–H groups in total. The molecule has 0 spiro atoms. The first-order valence-electron chi connectivity index (χ1n) is 8.53. The summed E-state index contributed by atoms with van der Waals surface area (Å²) >= 11 is 0. The van der Waals surface area contributed by atoms with Crippen molar-refractivity contribution >= 4 is 0 Å². The summed E-state index contributed by atoms with van der Waals surface area (Å²) in [5.74, 6) is 3.20. The standard InChI is InChI=1S/C19H27N/c20-6-5-14-1-3-15(4-2-14)10-19-11-16-7-17(12-19)9-18(8-16)13-19/h1-4,16-18H,5-13,20H2. The number of hydrogen-bond donors (Lipinski definition) is 1. The van der Waals surface area contributed by atoms with Crippen LogP contribution < -0.4 is 5.73 Å². The number of nitrogens with two attached hydrogens (primary N) is 1. The van der Waals surface area contributed by atoms with Crippen molar-refractivity contribution < 1.29 is 0 Å². The quantitative estimate of drug-likeness (QED) is 0.880. The van der Waals surface area contributed by atoms with Crippen molar-refractivity contribution in [3.63, 3.8) is 0 Å². The van der Waals surface area contributed by atoms with Crippen molar-refractivity contribution in [2.45, 2.75) is 51.4 Å². The zero-order valence-electron chi connectivity index (χ0n) is 12.5. The SMILES string of the molecule is NCCc1ccc(CC23CC4CC(CC(C4)C2)C3)cc1. The number of benzene rings is 1. The molecular formula is C19H27N. The molecule has 20 heavy (non-hydrogen) atoms. The molecule has 108 valence electrons. The molecule has 4 saturated carbocycles. The van der Waals surface area contributed by atoms with Gasteiger partial charge in [0, 0.05) is 0 Å². The third-order valence-corrected chi connectivity index (χ3v) is 6.20. The van der Waals surface area contributed by atoms with E-state index in [1.807, 2.05) is 0 Å². The molecule has 0 radical (unpaired) electrons. The van der Waals surface area contributed by atoms with Crippen molar-refractivity contribution in [3.05, 3.63) is 35.4 Å². The summed E-state index contributed by atoms with van der Waals surface area (Å²) in [4.78, 5) is 0. The summed E-state index contributed by atoms with van der Waals surface area (Å²) in [6, 6.07) is 9.32. The molecule has 0 heterocycles. The Hall–Kier alpha value is -0.820. The first-order valence-corrected chi connectivity index (χ1v) is 8.53. The molecule has 4 aliphatic rings. The minimum Gasteiger partial charge on any atom is -0.330 e. The fourth-order valence-electron chi connectivity index (χ4n) is 5.93. The maximum Gasteiger partial charge on any atom is -0.00367 e. The molecule has 0 aliphatic heterocycles. The first kappa shape index (κ1) is 12.9. The molecule has 5 rings (SSSR count). The van der Waals surface area contributed by atoms with Gasteiger partial charge in [0.25, 0.3) is 0 Å². The molecule has 0 aromatic heterocycles. The molecule has 1 aromatic rings. The van der Waals surface area contributed by atoms with Crippen molar-refractivity contribution in [2.75, 3.05) is 6.54 Å². The molecular weight excluding hydrogens is 242 g/mol. The second-order valence-electron chi connectivity index (χ2n) is 7.95. The van der Waals surface area contributed by atoms with E-state index in [1.165, 1.54) is 31.2 Å². The van der Waals surface area contributed by atoms with Crippen molar-refractivity contribution in [2.24, 2.45) is 28.9 Å². The Bertz CT molecular complexity index is 438. The highest BCUT2D eigenvalue weighted by Crippen LogP contribution is 2.61. The van der Waals surface area contributed by atoms with Gasteiger partial charge in [0.05, 0.1) is 0 Å². The van der Waals surface area contributed by atoms with Gasteiger partial charge in [-0.15, -0.1) is 0 Å². The lowest BCUT2D eigenvalue weighted by molar-refractivity contribution is -0.0521. The van der Waals surface area contributed by atoms with Gasteiger partial charge in [0.1, 0.15) is 0 Å². The highest BCUT2D eigenvalue weighted by Gasteiger charge is 2.50. The van der Waals surface area contributed by atoms with E-state index >= 15 is 0 Å². The lowest BCUT2D eigenvalue weighted by atomic mass is 9.48. The molecule has 4 fully saturated rings. The molecule has 1 nitrogen and oxygen atoms in total. The van der Waals surface area contributed by atoms with Gasteiger partial charge in [-0.25, -0.2) is 0 Å². The van der Waals surface area contributed by atoms with Gasteiger partial charge >= 0.3 is 0 Å². The normalized spacial score (nSPS) is 38.4. The average molecular weight is 269 g/mol. The van der Waals surface area contributed by atoms with Gasteiger partial charge in [-0.2, -0.15) is 0 Å². The summed E-state index contributed by atoms with van der Waals surface area (Å²) in [7, 11) is 0. The lowest BCUT2D eigenvalue weighted by Crippen LogP contribution is -2.47. The molecule has 0 atom stereocenters. The van der Waals surface area contributed by atoms with Gasteiger partial charge < -0.3 is 5.73 Å². The Balaban J connectivity index is 1.50. The van der Waals surface area contributed by atoms with Crippen molar-refractivity contribution in [3.8, 4) is 0 Å². The van der Waals surface area contributed by atoms with E-state index in [1.54, 1.807) is 24.8 Å². The third kappa shape index (κ3) is 2.30. The summed E-state index contributed by atoms with van der Waals surface area (Å²) < 4.78 is 0. The predicted octanol–water partition coefficient (Wildman–Crippen LogP) is 3.95. The van der Waals surface area contributed by atoms with Crippen molar-refractivity contribution in [1.82, 2.24) is 0 Å². The van der Waals surface area contributed by atoms with E-state index in [0.717, 1.165) is 30.7 Å². The van der Waals surface area contributed by atoms with Gasteiger partial charge in [-0.1, -0.05) is 24.3 Å². The number of hydrogen-bond acceptors (Lipinski definition) is 1. The van der Waals surface area contributed by atoms with E-state index in [4.69, 9.17) is 5.73 Å². The molecule has 4 bridgehead atoms. The molecule has 4 aliphatic carbocycles. The second kappa shape index (κ2) is 4.87. The van der Waals surface area contributed by atoms with Gasteiger partial charge in [-0.05, 0) is 92.2 Å². The minimum atomic E-state index is 0.671. The van der Waals surface area contributed by atoms with Crippen LogP contribution in [0.1, 0.15) is 49.7 Å². The maximum atomic E-state index is 5.63. The third-order valence-electron chi connectivity index (χ3n) is 6.20. The first-order chi connectivity index (χ1) is 9.75. The monoisotopic (exact) mass is 269 g/mol. The zero-order valence-corrected chi connectivity index (χ0v) is 12.5. The highest BCUT2D eigenvalue weighted by atomic mass is 14.6. The van der Waals surface area contributed by atoms with E-state index in [2.05, 4.69) is 24.3 Å². The Morgan fingerprint density at radius 1 is 0.850 bits per heavy atom. The van der Waals surface area contributed by atoms with E-state index < -0.39 is 0 Å². The second-order valence-corrected chi connectivity index (χ2v) is 7.95. The van der Waals surface area contributed by atoms with Crippen LogP contribution in [0.3, 0.4) is 0 Å². The molecule has 0 amide bonds. The van der Waals surface area contributed by atoms with Gasteiger partial charge in [0.2, 0.25) is 0 Å². The molecule has 0 saturated heterocycles. The summed E-state index contributed by atoms with van der Waals surface area (Å²) in [6.45, 7) is 0.758. The van der Waals surface area contributed by atoms with Crippen LogP contribution in [0.2, 0.25) is 0 Å². The fraction of sp³-hybridized carbons (Fsp3) is 0.684. The van der Waals surface area contributed by atoms with E-state index in [9.17, 15) is 0 Å². The van der Waals surface area contributed by atoms with Crippen LogP contribution in [-0.4, -0.2) is 6.54 Å². The topological polar surface area (TPSA) is 26.0 Å². The van der Waals surface area contributed by atoms with Crippen LogP contribution in [0, 0.1) is 23.2 Å². The van der Waals surface area contributed by atoms with Gasteiger partial charge in [-0.3, -0.25) is 0 Å². The van der Waals surface area contributed by atoms with Crippen molar-refractivity contribution in [1.29, 1.82) is 0 Å². The van der Waals surface area contributed by atoms with Crippen LogP contribution >= 0.6 is 0 Å². The average Bonchev–Trinajstić information content (AvgIpc) is 2.39. The van der Waals surface area contributed by atoms with Crippen LogP contribution in [-0.2, 0) is 12.8 Å². The molecule has 0 unspecified atom stereocenters. The fourth-order valence-corrected chi connectivity index (χ4v) is 5.93. The summed E-state index contributed by atoms with van der Waals surface area (Å²) in [6.07, 6.45) is 11.5. The van der Waals surface area contributed by atoms with Crippen LogP contribution in [0.4, 0.5) is 0 Å². The highest BCUT2D eigenvalue weighted by molar-refractivity contribution is 5.24. The van der Waals surface area contributed by atoms with Crippen LogP contribution in [0.5, 0.6) is 0 Å². The van der Waals surface area contributed by atoms with Crippen LogP contribution in [0.15, 0.2) is 24.3 Å². The maximum absolute atomic E-state index is 5.63. The summed E-state index contributed by atoms with van der Waals surface area (Å²) in [5.41, 5.74) is 9.26. The van der Waals surface area contributed by atoms with E-state index in [0.29, 0.717) is 5.41 Å². The zero-order chi connectivity index (χ0) is 13.6. The number of rotatable bonds is 4. The minimum absolute atomic E-state index is 0.671. The predicted molar refractivity (Wildman–Crippen MR) is 83.5 cm³/mol. The van der Waals surface area contributed by atoms with Crippen LogP contribution in [0.25, 0.3) is 0 Å².